The van der Waals surface area contributed by atoms with Gasteiger partial charge in [0.25, 0.3) is 0 Å². The molecule has 0 aromatic heterocycles. The van der Waals surface area contributed by atoms with Gasteiger partial charge in [-0.15, -0.1) is 0 Å². The number of fused-ring (bicyclic) bond motifs is 1. The van der Waals surface area contributed by atoms with E-state index in [2.05, 4.69) is 28.8 Å². The van der Waals surface area contributed by atoms with E-state index < -0.39 is 0 Å². The van der Waals surface area contributed by atoms with E-state index in [1.807, 2.05) is 6.07 Å². The molecule has 3 atom stereocenters. The average molecular weight is 286 g/mol. The van der Waals surface area contributed by atoms with Crippen molar-refractivity contribution in [2.24, 2.45) is 5.92 Å². The van der Waals surface area contributed by atoms with Crippen LogP contribution in [0.4, 0.5) is 0 Å². The first kappa shape index (κ1) is 13.3. The number of ether oxygens (including phenoxy) is 1. The maximum Gasteiger partial charge on any atom is 0.237 e. The topological polar surface area (TPSA) is 50.4 Å². The van der Waals surface area contributed by atoms with Crippen molar-refractivity contribution in [1.29, 1.82) is 0 Å². The third-order valence-electron chi connectivity index (χ3n) is 4.95. The Hall–Kier alpha value is -1.39. The maximum atomic E-state index is 12.5. The van der Waals surface area contributed by atoms with Crippen LogP contribution in [0, 0.1) is 5.92 Å². The minimum Gasteiger partial charge on any atom is -0.376 e. The molecule has 4 heteroatoms. The zero-order valence-electron chi connectivity index (χ0n) is 12.2. The van der Waals surface area contributed by atoms with E-state index >= 15 is 0 Å². The number of carbonyl (C=O) groups is 1. The summed E-state index contributed by atoms with van der Waals surface area (Å²) in [6.07, 6.45) is 4.50. The Kier molecular flexibility index (Phi) is 3.43. The standard InChI is InChI=1S/C17H22N2O2/c20-17(19-14-7-8-21-16(14)11-5-6-11)15-9-12-3-1-2-4-13(12)10-18-15/h1-4,11,14-16,18H,5-10H2,(H,19,20)/t14?,15-,16?/m0/s1. The molecule has 1 saturated heterocycles. The molecule has 1 amide bonds. The van der Waals surface area contributed by atoms with Gasteiger partial charge in [0.15, 0.2) is 0 Å². The van der Waals surface area contributed by atoms with Crippen LogP contribution in [0.2, 0.25) is 0 Å². The van der Waals surface area contributed by atoms with Crippen molar-refractivity contribution in [1.82, 2.24) is 10.6 Å². The molecule has 3 aliphatic rings. The lowest BCUT2D eigenvalue weighted by atomic mass is 9.95. The highest BCUT2D eigenvalue weighted by atomic mass is 16.5. The fraction of sp³-hybridized carbons (Fsp3) is 0.588. The monoisotopic (exact) mass is 286 g/mol. The Bertz CT molecular complexity index is 541. The van der Waals surface area contributed by atoms with Crippen LogP contribution in [0.3, 0.4) is 0 Å². The van der Waals surface area contributed by atoms with E-state index in [1.54, 1.807) is 0 Å². The number of amides is 1. The van der Waals surface area contributed by atoms with E-state index in [1.165, 1.54) is 24.0 Å². The van der Waals surface area contributed by atoms with Crippen LogP contribution in [0.5, 0.6) is 0 Å². The second kappa shape index (κ2) is 5.43. The van der Waals surface area contributed by atoms with Gasteiger partial charge in [-0.05, 0) is 42.7 Å². The highest BCUT2D eigenvalue weighted by molar-refractivity contribution is 5.82. The molecule has 4 nitrogen and oxygen atoms in total. The summed E-state index contributed by atoms with van der Waals surface area (Å²) in [5.74, 6) is 0.809. The number of benzene rings is 1. The first-order valence-corrected chi connectivity index (χ1v) is 8.03. The SMILES string of the molecule is O=C(NC1CCOC1C1CC1)[C@@H]1Cc2ccccc2CN1. The van der Waals surface area contributed by atoms with E-state index in [9.17, 15) is 4.79 Å². The predicted molar refractivity (Wildman–Crippen MR) is 79.8 cm³/mol. The lowest BCUT2D eigenvalue weighted by Crippen LogP contribution is -2.52. The van der Waals surface area contributed by atoms with Crippen LogP contribution in [0.1, 0.15) is 30.4 Å². The Balaban J connectivity index is 1.39. The van der Waals surface area contributed by atoms with Gasteiger partial charge in [-0.2, -0.15) is 0 Å². The van der Waals surface area contributed by atoms with Crippen molar-refractivity contribution in [2.75, 3.05) is 6.61 Å². The molecule has 1 aliphatic carbocycles. The fourth-order valence-corrected chi connectivity index (χ4v) is 3.58. The van der Waals surface area contributed by atoms with Gasteiger partial charge in [-0.25, -0.2) is 0 Å². The molecule has 1 aromatic rings. The molecule has 1 aromatic carbocycles. The summed E-state index contributed by atoms with van der Waals surface area (Å²) in [7, 11) is 0. The third-order valence-corrected chi connectivity index (χ3v) is 4.95. The lowest BCUT2D eigenvalue weighted by Gasteiger charge is -2.27. The zero-order chi connectivity index (χ0) is 14.2. The largest absolute Gasteiger partial charge is 0.376 e. The average Bonchev–Trinajstić information content (AvgIpc) is 3.27. The van der Waals surface area contributed by atoms with E-state index in [0.29, 0.717) is 5.92 Å². The minimum atomic E-state index is -0.111. The molecule has 1 saturated carbocycles. The van der Waals surface area contributed by atoms with Gasteiger partial charge < -0.3 is 15.4 Å². The molecule has 4 rings (SSSR count). The summed E-state index contributed by atoms with van der Waals surface area (Å²) in [6.45, 7) is 1.56. The minimum absolute atomic E-state index is 0.111. The number of nitrogens with one attached hydrogen (secondary N) is 2. The van der Waals surface area contributed by atoms with Crippen molar-refractivity contribution in [3.63, 3.8) is 0 Å². The molecule has 2 aliphatic heterocycles. The summed E-state index contributed by atoms with van der Waals surface area (Å²) in [4.78, 5) is 12.5. The highest BCUT2D eigenvalue weighted by Crippen LogP contribution is 2.38. The van der Waals surface area contributed by atoms with Crippen molar-refractivity contribution >= 4 is 5.91 Å². The molecule has 0 bridgehead atoms. The van der Waals surface area contributed by atoms with Crippen LogP contribution >= 0.6 is 0 Å². The van der Waals surface area contributed by atoms with Gasteiger partial charge in [-0.3, -0.25) is 4.79 Å². The number of rotatable bonds is 3. The van der Waals surface area contributed by atoms with Crippen LogP contribution in [-0.2, 0) is 22.5 Å². The fourth-order valence-electron chi connectivity index (χ4n) is 3.58. The summed E-state index contributed by atoms with van der Waals surface area (Å²) in [5, 5.41) is 6.58. The van der Waals surface area contributed by atoms with Crippen molar-refractivity contribution in [3.05, 3.63) is 35.4 Å². The molecule has 2 fully saturated rings. The van der Waals surface area contributed by atoms with Gasteiger partial charge >= 0.3 is 0 Å². The normalized spacial score (nSPS) is 31.7. The van der Waals surface area contributed by atoms with Crippen LogP contribution < -0.4 is 10.6 Å². The van der Waals surface area contributed by atoms with Gasteiger partial charge in [0.2, 0.25) is 5.91 Å². The second-order valence-electron chi connectivity index (χ2n) is 6.48. The summed E-state index contributed by atoms with van der Waals surface area (Å²) < 4.78 is 5.80. The van der Waals surface area contributed by atoms with Crippen LogP contribution in [-0.4, -0.2) is 30.7 Å². The van der Waals surface area contributed by atoms with Gasteiger partial charge in [-0.1, -0.05) is 24.3 Å². The smallest absolute Gasteiger partial charge is 0.237 e. The second-order valence-corrected chi connectivity index (χ2v) is 6.48. The Morgan fingerprint density at radius 1 is 1.19 bits per heavy atom. The van der Waals surface area contributed by atoms with Gasteiger partial charge in [0.05, 0.1) is 18.2 Å². The van der Waals surface area contributed by atoms with E-state index in [4.69, 9.17) is 4.74 Å². The summed E-state index contributed by atoms with van der Waals surface area (Å²) >= 11 is 0. The first-order chi connectivity index (χ1) is 10.3. The summed E-state index contributed by atoms with van der Waals surface area (Å²) in [6, 6.07) is 8.46. The van der Waals surface area contributed by atoms with Gasteiger partial charge in [0.1, 0.15) is 0 Å². The first-order valence-electron chi connectivity index (χ1n) is 8.03. The molecule has 2 unspecified atom stereocenters. The van der Waals surface area contributed by atoms with Crippen LogP contribution in [0.15, 0.2) is 24.3 Å². The molecule has 0 radical (unpaired) electrons. The molecule has 112 valence electrons. The Morgan fingerprint density at radius 3 is 2.81 bits per heavy atom. The van der Waals surface area contributed by atoms with E-state index in [0.717, 1.165) is 26.0 Å². The van der Waals surface area contributed by atoms with Crippen molar-refractivity contribution in [2.45, 2.75) is 50.4 Å². The maximum absolute atomic E-state index is 12.5. The zero-order valence-corrected chi connectivity index (χ0v) is 12.2. The molecular weight excluding hydrogens is 264 g/mol. The number of carbonyl (C=O) groups excluding carboxylic acids is 1. The quantitative estimate of drug-likeness (QED) is 0.883. The van der Waals surface area contributed by atoms with Crippen LogP contribution in [0.25, 0.3) is 0 Å². The molecule has 2 N–H and O–H groups in total. The Morgan fingerprint density at radius 2 is 2.00 bits per heavy atom. The molecular formula is C17H22N2O2. The third kappa shape index (κ3) is 2.70. The highest BCUT2D eigenvalue weighted by Gasteiger charge is 2.41. The van der Waals surface area contributed by atoms with Gasteiger partial charge in [0, 0.05) is 13.2 Å². The van der Waals surface area contributed by atoms with Crippen molar-refractivity contribution < 1.29 is 9.53 Å². The lowest BCUT2D eigenvalue weighted by molar-refractivity contribution is -0.124. The number of hydrogen-bond acceptors (Lipinski definition) is 3. The van der Waals surface area contributed by atoms with Crippen molar-refractivity contribution in [3.8, 4) is 0 Å². The summed E-state index contributed by atoms with van der Waals surface area (Å²) in [5.41, 5.74) is 2.60. The molecule has 2 heterocycles. The predicted octanol–water partition coefficient (Wildman–Crippen LogP) is 1.38. The molecule has 0 spiro atoms. The Labute approximate surface area is 125 Å². The number of hydrogen-bond donors (Lipinski definition) is 2. The molecule has 21 heavy (non-hydrogen) atoms. The van der Waals surface area contributed by atoms with E-state index in [-0.39, 0.29) is 24.1 Å².